The number of nitrogens with zero attached hydrogens (tertiary/aromatic N) is 2. The van der Waals surface area contributed by atoms with E-state index in [0.29, 0.717) is 11.8 Å². The standard InChI is InChI=1S/C12H20N2O4/c1-7(2)10-12(18-5)13-8(6-9(15)16-3)11(14-10)17-4/h7-8,10H,6H2,1-5H3/t8-,10+/m0/s1. The van der Waals surface area contributed by atoms with Crippen LogP contribution in [0.2, 0.25) is 0 Å². The molecule has 1 rings (SSSR count). The lowest BCUT2D eigenvalue weighted by molar-refractivity contribution is -0.140. The van der Waals surface area contributed by atoms with Crippen molar-refractivity contribution < 1.29 is 19.0 Å². The molecule has 18 heavy (non-hydrogen) atoms. The fourth-order valence-corrected chi connectivity index (χ4v) is 1.73. The Balaban J connectivity index is 2.94. The molecular weight excluding hydrogens is 236 g/mol. The molecule has 6 heteroatoms. The van der Waals surface area contributed by atoms with Gasteiger partial charge in [0, 0.05) is 0 Å². The minimum Gasteiger partial charge on any atom is -0.483 e. The van der Waals surface area contributed by atoms with E-state index in [2.05, 4.69) is 14.7 Å². The van der Waals surface area contributed by atoms with Crippen LogP contribution in [0.1, 0.15) is 20.3 Å². The molecule has 0 aromatic rings. The van der Waals surface area contributed by atoms with Gasteiger partial charge in [0.2, 0.25) is 11.8 Å². The third-order valence-electron chi connectivity index (χ3n) is 2.72. The summed E-state index contributed by atoms with van der Waals surface area (Å²) in [5.41, 5.74) is 0. The van der Waals surface area contributed by atoms with Crippen LogP contribution >= 0.6 is 0 Å². The fourth-order valence-electron chi connectivity index (χ4n) is 1.73. The SMILES string of the molecule is COC(=O)C[C@@H]1N=C(OC)[C@@H](C(C)C)N=C1OC. The van der Waals surface area contributed by atoms with Crippen LogP contribution in [-0.2, 0) is 19.0 Å². The molecule has 0 bridgehead atoms. The van der Waals surface area contributed by atoms with Gasteiger partial charge in [0.25, 0.3) is 0 Å². The highest BCUT2D eigenvalue weighted by atomic mass is 16.5. The lowest BCUT2D eigenvalue weighted by Gasteiger charge is -2.26. The summed E-state index contributed by atoms with van der Waals surface area (Å²) in [6, 6.07) is -0.633. The first kappa shape index (κ1) is 14.5. The number of esters is 1. The van der Waals surface area contributed by atoms with Gasteiger partial charge in [0.15, 0.2) is 0 Å². The summed E-state index contributed by atoms with van der Waals surface area (Å²) >= 11 is 0. The van der Waals surface area contributed by atoms with Crippen molar-refractivity contribution in [2.45, 2.75) is 32.4 Å². The zero-order valence-electron chi connectivity index (χ0n) is 11.5. The van der Waals surface area contributed by atoms with Gasteiger partial charge in [0.05, 0.1) is 27.8 Å². The Hall–Kier alpha value is -1.59. The van der Waals surface area contributed by atoms with Crippen molar-refractivity contribution in [1.29, 1.82) is 0 Å². The predicted octanol–water partition coefficient (Wildman–Crippen LogP) is 1.05. The number of hydrogen-bond donors (Lipinski definition) is 0. The summed E-state index contributed by atoms with van der Waals surface area (Å²) in [5.74, 6) is 0.861. The molecule has 0 aromatic heterocycles. The molecule has 6 nitrogen and oxygen atoms in total. The van der Waals surface area contributed by atoms with Gasteiger partial charge in [-0.1, -0.05) is 13.8 Å². The van der Waals surface area contributed by atoms with E-state index in [1.165, 1.54) is 14.2 Å². The highest BCUT2D eigenvalue weighted by Crippen LogP contribution is 2.19. The van der Waals surface area contributed by atoms with Crippen molar-refractivity contribution in [2.24, 2.45) is 15.9 Å². The highest BCUT2D eigenvalue weighted by molar-refractivity contribution is 5.95. The largest absolute Gasteiger partial charge is 0.483 e. The van der Waals surface area contributed by atoms with E-state index in [9.17, 15) is 4.79 Å². The smallest absolute Gasteiger partial charge is 0.308 e. The van der Waals surface area contributed by atoms with Gasteiger partial charge < -0.3 is 14.2 Å². The minimum atomic E-state index is -0.465. The van der Waals surface area contributed by atoms with Crippen LogP contribution in [0.15, 0.2) is 9.98 Å². The molecule has 0 fully saturated rings. The lowest BCUT2D eigenvalue weighted by atomic mass is 10.0. The van der Waals surface area contributed by atoms with Crippen LogP contribution in [-0.4, -0.2) is 51.2 Å². The summed E-state index contributed by atoms with van der Waals surface area (Å²) in [7, 11) is 4.41. The van der Waals surface area contributed by atoms with E-state index in [4.69, 9.17) is 9.47 Å². The summed E-state index contributed by atoms with van der Waals surface area (Å²) < 4.78 is 15.1. The Morgan fingerprint density at radius 2 is 1.78 bits per heavy atom. The van der Waals surface area contributed by atoms with E-state index in [-0.39, 0.29) is 24.3 Å². The van der Waals surface area contributed by atoms with Crippen molar-refractivity contribution in [2.75, 3.05) is 21.3 Å². The molecule has 102 valence electrons. The molecular formula is C12H20N2O4. The molecule has 0 amide bonds. The zero-order chi connectivity index (χ0) is 13.7. The topological polar surface area (TPSA) is 69.5 Å². The zero-order valence-corrected chi connectivity index (χ0v) is 11.5. The van der Waals surface area contributed by atoms with Gasteiger partial charge >= 0.3 is 5.97 Å². The normalized spacial score (nSPS) is 23.2. The first-order valence-corrected chi connectivity index (χ1v) is 5.83. The summed E-state index contributed by atoms with van der Waals surface area (Å²) in [6.07, 6.45) is 0.0981. The molecule has 1 aliphatic rings. The first-order chi connectivity index (χ1) is 8.53. The van der Waals surface area contributed by atoms with Crippen molar-refractivity contribution in [3.8, 4) is 0 Å². The van der Waals surface area contributed by atoms with E-state index < -0.39 is 6.04 Å². The number of carbonyl (C=O) groups excluding carboxylic acids is 1. The molecule has 0 aromatic carbocycles. The van der Waals surface area contributed by atoms with Crippen molar-refractivity contribution in [1.82, 2.24) is 0 Å². The second-order valence-electron chi connectivity index (χ2n) is 4.33. The number of aliphatic imine (C=N–C) groups is 2. The van der Waals surface area contributed by atoms with Crippen LogP contribution in [0.5, 0.6) is 0 Å². The number of carbonyl (C=O) groups is 1. The van der Waals surface area contributed by atoms with Crippen LogP contribution < -0.4 is 0 Å². The van der Waals surface area contributed by atoms with Crippen molar-refractivity contribution in [3.63, 3.8) is 0 Å². The Bertz CT molecular complexity index is 363. The molecule has 1 aliphatic heterocycles. The summed E-state index contributed by atoms with van der Waals surface area (Å²) in [5, 5.41) is 0. The first-order valence-electron chi connectivity index (χ1n) is 5.83. The quantitative estimate of drug-likeness (QED) is 0.708. The van der Waals surface area contributed by atoms with E-state index in [0.717, 1.165) is 0 Å². The number of hydrogen-bond acceptors (Lipinski definition) is 6. The van der Waals surface area contributed by atoms with Gasteiger partial charge in [0.1, 0.15) is 12.1 Å². The predicted molar refractivity (Wildman–Crippen MR) is 67.9 cm³/mol. The molecule has 1 heterocycles. The molecule has 0 saturated heterocycles. The number of methoxy groups -OCH3 is 3. The number of rotatable bonds is 3. The fraction of sp³-hybridized carbons (Fsp3) is 0.750. The summed E-state index contributed by atoms with van der Waals surface area (Å²) in [6.45, 7) is 4.05. The highest BCUT2D eigenvalue weighted by Gasteiger charge is 2.32. The minimum absolute atomic E-state index is 0.0981. The Labute approximate surface area is 107 Å². The maximum Gasteiger partial charge on any atom is 0.308 e. The van der Waals surface area contributed by atoms with Crippen LogP contribution in [0.25, 0.3) is 0 Å². The second kappa shape index (κ2) is 6.37. The molecule has 0 spiro atoms. The second-order valence-corrected chi connectivity index (χ2v) is 4.33. The molecule has 0 unspecified atom stereocenters. The van der Waals surface area contributed by atoms with Gasteiger partial charge in [-0.15, -0.1) is 0 Å². The Kier molecular flexibility index (Phi) is 5.12. The van der Waals surface area contributed by atoms with E-state index in [1.807, 2.05) is 13.8 Å². The third-order valence-corrected chi connectivity index (χ3v) is 2.72. The van der Waals surface area contributed by atoms with Crippen molar-refractivity contribution in [3.05, 3.63) is 0 Å². The van der Waals surface area contributed by atoms with E-state index >= 15 is 0 Å². The Morgan fingerprint density at radius 1 is 1.17 bits per heavy atom. The van der Waals surface area contributed by atoms with Gasteiger partial charge in [-0.05, 0) is 5.92 Å². The van der Waals surface area contributed by atoms with Gasteiger partial charge in [-0.3, -0.25) is 4.79 Å². The molecule has 0 aliphatic carbocycles. The average molecular weight is 256 g/mol. The van der Waals surface area contributed by atoms with Gasteiger partial charge in [-0.2, -0.15) is 0 Å². The van der Waals surface area contributed by atoms with Crippen LogP contribution in [0.4, 0.5) is 0 Å². The van der Waals surface area contributed by atoms with Crippen LogP contribution in [0, 0.1) is 5.92 Å². The van der Waals surface area contributed by atoms with Crippen molar-refractivity contribution >= 4 is 17.8 Å². The average Bonchev–Trinajstić information content (AvgIpc) is 2.37. The van der Waals surface area contributed by atoms with Gasteiger partial charge in [-0.25, -0.2) is 9.98 Å². The molecule has 0 saturated carbocycles. The number of ether oxygens (including phenoxy) is 3. The molecule has 0 N–H and O–H groups in total. The monoisotopic (exact) mass is 256 g/mol. The third kappa shape index (κ3) is 3.21. The lowest BCUT2D eigenvalue weighted by Crippen LogP contribution is -2.38. The Morgan fingerprint density at radius 3 is 2.22 bits per heavy atom. The maximum atomic E-state index is 11.3. The summed E-state index contributed by atoms with van der Waals surface area (Å²) in [4.78, 5) is 20.1. The molecule has 0 radical (unpaired) electrons. The molecule has 2 atom stereocenters. The van der Waals surface area contributed by atoms with E-state index in [1.54, 1.807) is 7.11 Å². The van der Waals surface area contributed by atoms with Crippen LogP contribution in [0.3, 0.4) is 0 Å². The maximum absolute atomic E-state index is 11.3.